The number of benzene rings is 1. The molecule has 1 aromatic rings. The number of piperazine rings is 1. The number of rotatable bonds is 5. The van der Waals surface area contributed by atoms with Crippen LogP contribution < -0.4 is 15.5 Å². The molecule has 1 amide bonds. The van der Waals surface area contributed by atoms with E-state index in [1.165, 1.54) is 36.1 Å². The Morgan fingerprint density at radius 2 is 1.93 bits per heavy atom. The first kappa shape index (κ1) is 21.1. The first-order valence-corrected chi connectivity index (χ1v) is 11.2. The van der Waals surface area contributed by atoms with Crippen LogP contribution >= 0.6 is 12.2 Å². The van der Waals surface area contributed by atoms with E-state index in [0.29, 0.717) is 18.5 Å². The van der Waals surface area contributed by atoms with Gasteiger partial charge in [-0.3, -0.25) is 4.79 Å². The maximum absolute atomic E-state index is 12.5. The molecule has 2 aliphatic rings. The Labute approximate surface area is 174 Å². The van der Waals surface area contributed by atoms with Crippen LogP contribution in [0.3, 0.4) is 0 Å². The molecule has 2 atom stereocenters. The van der Waals surface area contributed by atoms with Crippen LogP contribution in [-0.2, 0) is 11.2 Å². The van der Waals surface area contributed by atoms with Gasteiger partial charge in [-0.05, 0) is 49.0 Å². The standard InChI is InChI=1S/C22H34N4OS/c1-3-18-9-5-7-11-20(18)23-21(27)16-25-12-14-26(15-13-25)22(28)24-19-10-6-4-8-17(19)2/h5,7,9,11,17,19H,3-4,6,8,10,12-16H2,1-2H3,(H,23,27)(H,24,28)/p+1/t17-,19+/m0/s1. The predicted molar refractivity (Wildman–Crippen MR) is 119 cm³/mol. The highest BCUT2D eigenvalue weighted by molar-refractivity contribution is 7.80. The number of para-hydroxylation sites is 1. The molecule has 2 fully saturated rings. The molecule has 1 saturated heterocycles. The van der Waals surface area contributed by atoms with Crippen LogP contribution in [-0.4, -0.2) is 54.7 Å². The second kappa shape index (κ2) is 10.2. The maximum atomic E-state index is 12.5. The Morgan fingerprint density at radius 1 is 1.21 bits per heavy atom. The van der Waals surface area contributed by atoms with Crippen molar-refractivity contribution in [3.63, 3.8) is 0 Å². The molecule has 5 nitrogen and oxygen atoms in total. The fourth-order valence-corrected chi connectivity index (χ4v) is 4.69. The molecule has 3 rings (SSSR count). The largest absolute Gasteiger partial charge is 0.360 e. The van der Waals surface area contributed by atoms with Gasteiger partial charge in [-0.15, -0.1) is 0 Å². The van der Waals surface area contributed by atoms with Crippen molar-refractivity contribution in [1.29, 1.82) is 0 Å². The van der Waals surface area contributed by atoms with Gasteiger partial charge in [0.1, 0.15) is 0 Å². The van der Waals surface area contributed by atoms with Gasteiger partial charge in [-0.25, -0.2) is 0 Å². The highest BCUT2D eigenvalue weighted by Crippen LogP contribution is 2.23. The molecule has 6 heteroatoms. The topological polar surface area (TPSA) is 48.8 Å². The van der Waals surface area contributed by atoms with Crippen molar-refractivity contribution in [1.82, 2.24) is 10.2 Å². The minimum atomic E-state index is 0.0982. The first-order chi connectivity index (χ1) is 13.6. The third-order valence-electron chi connectivity index (χ3n) is 6.26. The summed E-state index contributed by atoms with van der Waals surface area (Å²) in [5.41, 5.74) is 2.13. The van der Waals surface area contributed by atoms with Gasteiger partial charge in [0.05, 0.1) is 26.2 Å². The molecule has 0 unspecified atom stereocenters. The number of aryl methyl sites for hydroxylation is 1. The van der Waals surface area contributed by atoms with E-state index in [1.807, 2.05) is 18.2 Å². The molecule has 1 aliphatic carbocycles. The van der Waals surface area contributed by atoms with E-state index >= 15 is 0 Å². The Morgan fingerprint density at radius 3 is 2.64 bits per heavy atom. The molecular formula is C22H35N4OS+. The second-order valence-electron chi connectivity index (χ2n) is 8.29. The van der Waals surface area contributed by atoms with Crippen LogP contribution in [0, 0.1) is 5.92 Å². The van der Waals surface area contributed by atoms with Gasteiger partial charge in [-0.1, -0.05) is 44.9 Å². The van der Waals surface area contributed by atoms with Crippen LogP contribution in [0.25, 0.3) is 0 Å². The molecule has 0 radical (unpaired) electrons. The molecule has 0 bridgehead atoms. The smallest absolute Gasteiger partial charge is 0.279 e. The third kappa shape index (κ3) is 5.67. The van der Waals surface area contributed by atoms with Crippen molar-refractivity contribution in [3.05, 3.63) is 29.8 Å². The van der Waals surface area contributed by atoms with E-state index in [9.17, 15) is 4.79 Å². The number of thiocarbonyl (C=S) groups is 1. The number of nitrogens with one attached hydrogen (secondary N) is 3. The zero-order valence-corrected chi connectivity index (χ0v) is 18.1. The number of anilines is 1. The number of carbonyl (C=O) groups is 1. The summed E-state index contributed by atoms with van der Waals surface area (Å²) in [6, 6.07) is 8.57. The van der Waals surface area contributed by atoms with E-state index in [2.05, 4.69) is 35.4 Å². The Balaban J connectivity index is 1.42. The highest BCUT2D eigenvalue weighted by Gasteiger charge is 2.27. The summed E-state index contributed by atoms with van der Waals surface area (Å²) in [6.07, 6.45) is 6.10. The van der Waals surface area contributed by atoms with Gasteiger partial charge in [-0.2, -0.15) is 0 Å². The average Bonchev–Trinajstić information content (AvgIpc) is 2.70. The van der Waals surface area contributed by atoms with Gasteiger partial charge in [0.2, 0.25) is 0 Å². The molecule has 0 aromatic heterocycles. The number of nitrogens with zero attached hydrogens (tertiary/aromatic N) is 1. The number of carbonyl (C=O) groups excluding carboxylic acids is 1. The van der Waals surface area contributed by atoms with Crippen molar-refractivity contribution < 1.29 is 9.69 Å². The van der Waals surface area contributed by atoms with Gasteiger partial charge in [0.15, 0.2) is 11.7 Å². The Kier molecular flexibility index (Phi) is 7.68. The van der Waals surface area contributed by atoms with E-state index < -0.39 is 0 Å². The summed E-state index contributed by atoms with van der Waals surface area (Å²) in [5.74, 6) is 0.800. The average molecular weight is 404 g/mol. The van der Waals surface area contributed by atoms with E-state index in [1.54, 1.807) is 0 Å². The van der Waals surface area contributed by atoms with Crippen LogP contribution in [0.15, 0.2) is 24.3 Å². The van der Waals surface area contributed by atoms with Crippen LogP contribution in [0.2, 0.25) is 0 Å². The number of hydrogen-bond donors (Lipinski definition) is 3. The normalized spacial score (nSPS) is 23.3. The van der Waals surface area contributed by atoms with Crippen LogP contribution in [0.1, 0.15) is 45.1 Å². The third-order valence-corrected chi connectivity index (χ3v) is 6.64. The fourth-order valence-electron chi connectivity index (χ4n) is 4.36. The number of quaternary nitrogens is 1. The lowest BCUT2D eigenvalue weighted by atomic mass is 9.86. The predicted octanol–water partition coefficient (Wildman–Crippen LogP) is 1.84. The lowest BCUT2D eigenvalue weighted by Gasteiger charge is -2.37. The SMILES string of the molecule is CCc1ccccc1NC(=O)C[NH+]1CCN(C(=S)N[C@@H]2CCCC[C@@H]2C)CC1. The molecule has 1 aromatic carbocycles. The molecule has 1 saturated carbocycles. The zero-order chi connectivity index (χ0) is 19.9. The first-order valence-electron chi connectivity index (χ1n) is 10.8. The van der Waals surface area contributed by atoms with Crippen LogP contribution in [0.4, 0.5) is 5.69 Å². The van der Waals surface area contributed by atoms with E-state index in [0.717, 1.165) is 43.4 Å². The van der Waals surface area contributed by atoms with E-state index in [-0.39, 0.29) is 5.91 Å². The molecule has 28 heavy (non-hydrogen) atoms. The molecular weight excluding hydrogens is 368 g/mol. The summed E-state index contributed by atoms with van der Waals surface area (Å²) >= 11 is 5.67. The minimum Gasteiger partial charge on any atom is -0.360 e. The number of hydrogen-bond acceptors (Lipinski definition) is 2. The van der Waals surface area contributed by atoms with Crippen LogP contribution in [0.5, 0.6) is 0 Å². The van der Waals surface area contributed by atoms with E-state index in [4.69, 9.17) is 12.2 Å². The molecule has 1 aliphatic heterocycles. The van der Waals surface area contributed by atoms with Crippen molar-refractivity contribution in [3.8, 4) is 0 Å². The molecule has 1 heterocycles. The monoisotopic (exact) mass is 403 g/mol. The minimum absolute atomic E-state index is 0.0982. The summed E-state index contributed by atoms with van der Waals surface area (Å²) < 4.78 is 0. The maximum Gasteiger partial charge on any atom is 0.279 e. The van der Waals surface area contributed by atoms with Crippen molar-refractivity contribution in [2.45, 2.75) is 52.0 Å². The number of amides is 1. The van der Waals surface area contributed by atoms with Gasteiger partial charge >= 0.3 is 0 Å². The van der Waals surface area contributed by atoms with Crippen molar-refractivity contribution >= 4 is 28.9 Å². The summed E-state index contributed by atoms with van der Waals surface area (Å²) in [5, 5.41) is 7.60. The molecule has 0 spiro atoms. The van der Waals surface area contributed by atoms with Crippen molar-refractivity contribution in [2.24, 2.45) is 5.92 Å². The summed E-state index contributed by atoms with van der Waals surface area (Å²) in [7, 11) is 0. The van der Waals surface area contributed by atoms with Gasteiger partial charge in [0, 0.05) is 11.7 Å². The van der Waals surface area contributed by atoms with Crippen molar-refractivity contribution in [2.75, 3.05) is 38.0 Å². The quantitative estimate of drug-likeness (QED) is 0.657. The lowest BCUT2D eigenvalue weighted by molar-refractivity contribution is -0.895. The molecule has 154 valence electrons. The molecule has 3 N–H and O–H groups in total. The summed E-state index contributed by atoms with van der Waals surface area (Å²) in [4.78, 5) is 16.1. The van der Waals surface area contributed by atoms with Gasteiger partial charge in [0.25, 0.3) is 5.91 Å². The Bertz CT molecular complexity index is 672. The highest BCUT2D eigenvalue weighted by atomic mass is 32.1. The lowest BCUT2D eigenvalue weighted by Crippen LogP contribution is -3.15. The zero-order valence-electron chi connectivity index (χ0n) is 17.3. The summed E-state index contributed by atoms with van der Waals surface area (Å²) in [6.45, 7) is 8.70. The van der Waals surface area contributed by atoms with Gasteiger partial charge < -0.3 is 20.4 Å². The fraction of sp³-hybridized carbons (Fsp3) is 0.636. The second-order valence-corrected chi connectivity index (χ2v) is 8.68. The Hall–Kier alpha value is -1.66.